The van der Waals surface area contributed by atoms with Crippen LogP contribution in [0.5, 0.6) is 0 Å². The first-order valence-corrected chi connectivity index (χ1v) is 11.3. The summed E-state index contributed by atoms with van der Waals surface area (Å²) in [7, 11) is 0. The largest absolute Gasteiger partial charge is 0.478 e. The van der Waals surface area contributed by atoms with Gasteiger partial charge in [0.15, 0.2) is 0 Å². The molecule has 0 radical (unpaired) electrons. The Morgan fingerprint density at radius 3 is 2.30 bits per heavy atom. The Hall–Kier alpha value is -3.35. The fourth-order valence-corrected chi connectivity index (χ4v) is 3.71. The van der Waals surface area contributed by atoms with Gasteiger partial charge in [0.05, 0.1) is 5.56 Å². The normalized spacial score (nSPS) is 17.2. The molecule has 2 aromatic carbocycles. The highest BCUT2D eigenvalue weighted by molar-refractivity contribution is 5.90. The fourth-order valence-electron chi connectivity index (χ4n) is 3.71. The number of carboxylic acids is 1. The average Bonchev–Trinajstić information content (AvgIpc) is 3.52. The molecule has 0 spiro atoms. The molecule has 33 heavy (non-hydrogen) atoms. The minimum Gasteiger partial charge on any atom is -0.478 e. The Morgan fingerprint density at radius 1 is 1.03 bits per heavy atom. The third-order valence-electron chi connectivity index (χ3n) is 5.52. The number of alkyl carbamates (subject to hydrolysis) is 1. The van der Waals surface area contributed by atoms with Gasteiger partial charge in [0.1, 0.15) is 5.60 Å². The van der Waals surface area contributed by atoms with E-state index in [0.717, 1.165) is 17.7 Å². The molecular weight excluding hydrogens is 420 g/mol. The lowest BCUT2D eigenvalue weighted by molar-refractivity contribution is -0.116. The van der Waals surface area contributed by atoms with Crippen LogP contribution in [0.4, 0.5) is 10.5 Å². The van der Waals surface area contributed by atoms with Crippen LogP contribution in [0, 0.1) is 5.92 Å². The van der Waals surface area contributed by atoms with Crippen molar-refractivity contribution in [2.45, 2.75) is 58.0 Å². The highest BCUT2D eigenvalue weighted by atomic mass is 16.6. The van der Waals surface area contributed by atoms with Gasteiger partial charge >= 0.3 is 12.1 Å². The van der Waals surface area contributed by atoms with Crippen molar-refractivity contribution in [2.75, 3.05) is 11.9 Å². The molecule has 1 aliphatic carbocycles. The van der Waals surface area contributed by atoms with Gasteiger partial charge in [-0.05, 0) is 87.3 Å². The molecule has 1 saturated carbocycles. The number of ether oxygens (including phenoxy) is 1. The first kappa shape index (κ1) is 24.3. The molecule has 0 bridgehead atoms. The van der Waals surface area contributed by atoms with E-state index in [0.29, 0.717) is 37.6 Å². The van der Waals surface area contributed by atoms with Crippen LogP contribution in [0.25, 0.3) is 0 Å². The SMILES string of the molecule is CC(C)(C)OC(=O)NCC1CC1c1ccc(NC(=O)CCCc2ccc(C(=O)O)cc2)cc1. The smallest absolute Gasteiger partial charge is 0.407 e. The molecule has 0 aliphatic heterocycles. The summed E-state index contributed by atoms with van der Waals surface area (Å²) >= 11 is 0. The lowest BCUT2D eigenvalue weighted by atomic mass is 10.1. The molecule has 2 atom stereocenters. The number of amides is 2. The highest BCUT2D eigenvalue weighted by Crippen LogP contribution is 2.47. The Bertz CT molecular complexity index is 977. The number of rotatable bonds is 9. The molecule has 2 unspecified atom stereocenters. The van der Waals surface area contributed by atoms with Crippen molar-refractivity contribution >= 4 is 23.7 Å². The van der Waals surface area contributed by atoms with Crippen LogP contribution in [-0.4, -0.2) is 35.2 Å². The Balaban J connectivity index is 1.37. The van der Waals surface area contributed by atoms with E-state index < -0.39 is 11.6 Å². The van der Waals surface area contributed by atoms with E-state index in [-0.39, 0.29) is 17.6 Å². The minimum absolute atomic E-state index is 0.0456. The van der Waals surface area contributed by atoms with Gasteiger partial charge in [-0.2, -0.15) is 0 Å². The molecule has 3 rings (SSSR count). The zero-order valence-electron chi connectivity index (χ0n) is 19.4. The maximum atomic E-state index is 12.2. The van der Waals surface area contributed by atoms with Crippen molar-refractivity contribution in [3.63, 3.8) is 0 Å². The molecule has 0 heterocycles. The van der Waals surface area contributed by atoms with Gasteiger partial charge in [-0.25, -0.2) is 9.59 Å². The summed E-state index contributed by atoms with van der Waals surface area (Å²) in [5.41, 5.74) is 2.74. The van der Waals surface area contributed by atoms with Crippen molar-refractivity contribution in [1.29, 1.82) is 0 Å². The summed E-state index contributed by atoms with van der Waals surface area (Å²) in [5.74, 6) is -0.169. The number of hydrogen-bond donors (Lipinski definition) is 3. The molecule has 1 aliphatic rings. The third kappa shape index (κ3) is 7.93. The molecule has 1 fully saturated rings. The molecule has 176 valence electrons. The molecular formula is C26H32N2O5. The van der Waals surface area contributed by atoms with E-state index in [2.05, 4.69) is 10.6 Å². The fraction of sp³-hybridized carbons (Fsp3) is 0.423. The first-order valence-electron chi connectivity index (χ1n) is 11.3. The summed E-state index contributed by atoms with van der Waals surface area (Å²) in [6, 6.07) is 14.6. The summed E-state index contributed by atoms with van der Waals surface area (Å²) in [6.07, 6.45) is 2.43. The summed E-state index contributed by atoms with van der Waals surface area (Å²) < 4.78 is 5.26. The van der Waals surface area contributed by atoms with Crippen molar-refractivity contribution in [1.82, 2.24) is 5.32 Å². The number of anilines is 1. The van der Waals surface area contributed by atoms with E-state index in [1.165, 1.54) is 5.56 Å². The molecule has 0 aromatic heterocycles. The van der Waals surface area contributed by atoms with Crippen LogP contribution in [0.2, 0.25) is 0 Å². The number of benzene rings is 2. The third-order valence-corrected chi connectivity index (χ3v) is 5.52. The Morgan fingerprint density at radius 2 is 1.70 bits per heavy atom. The Labute approximate surface area is 194 Å². The lowest BCUT2D eigenvalue weighted by Crippen LogP contribution is -2.33. The topological polar surface area (TPSA) is 105 Å². The molecule has 3 N–H and O–H groups in total. The van der Waals surface area contributed by atoms with Crippen LogP contribution in [-0.2, 0) is 16.0 Å². The second-order valence-electron chi connectivity index (χ2n) is 9.51. The number of nitrogens with one attached hydrogen (secondary N) is 2. The van der Waals surface area contributed by atoms with Gasteiger partial charge in [0.2, 0.25) is 5.91 Å². The number of aromatic carboxylic acids is 1. The van der Waals surface area contributed by atoms with Crippen molar-refractivity contribution in [3.8, 4) is 0 Å². The number of aryl methyl sites for hydroxylation is 1. The summed E-state index contributed by atoms with van der Waals surface area (Å²) in [6.45, 7) is 6.12. The molecule has 2 amide bonds. The second kappa shape index (κ2) is 10.5. The van der Waals surface area contributed by atoms with Gasteiger partial charge in [-0.15, -0.1) is 0 Å². The van der Waals surface area contributed by atoms with E-state index in [9.17, 15) is 14.4 Å². The number of carbonyl (C=O) groups is 3. The van der Waals surface area contributed by atoms with E-state index >= 15 is 0 Å². The number of hydrogen-bond acceptors (Lipinski definition) is 4. The van der Waals surface area contributed by atoms with Gasteiger partial charge in [-0.3, -0.25) is 4.79 Å². The maximum Gasteiger partial charge on any atom is 0.407 e. The molecule has 0 saturated heterocycles. The van der Waals surface area contributed by atoms with E-state index in [1.54, 1.807) is 24.3 Å². The van der Waals surface area contributed by atoms with Crippen molar-refractivity contribution in [3.05, 3.63) is 65.2 Å². The summed E-state index contributed by atoms with van der Waals surface area (Å²) in [4.78, 5) is 34.9. The van der Waals surface area contributed by atoms with Gasteiger partial charge in [0.25, 0.3) is 0 Å². The number of carboxylic acid groups (broad SMARTS) is 1. The standard InChI is InChI=1S/C26H32N2O5/c1-26(2,3)33-25(32)27-16-20-15-22(20)18-11-13-21(14-12-18)28-23(29)6-4-5-17-7-9-19(10-8-17)24(30)31/h7-14,20,22H,4-6,15-16H2,1-3H3,(H,27,32)(H,28,29)(H,30,31). The predicted octanol–water partition coefficient (Wildman–Crippen LogP) is 4.97. The van der Waals surface area contributed by atoms with Crippen LogP contribution in [0.3, 0.4) is 0 Å². The van der Waals surface area contributed by atoms with E-state index in [1.807, 2.05) is 45.0 Å². The maximum absolute atomic E-state index is 12.2. The van der Waals surface area contributed by atoms with Gasteiger partial charge < -0.3 is 20.5 Å². The van der Waals surface area contributed by atoms with Gasteiger partial charge in [-0.1, -0.05) is 24.3 Å². The average molecular weight is 453 g/mol. The van der Waals surface area contributed by atoms with Crippen molar-refractivity contribution in [2.24, 2.45) is 5.92 Å². The molecule has 2 aromatic rings. The number of carbonyl (C=O) groups excluding carboxylic acids is 2. The van der Waals surface area contributed by atoms with Crippen LogP contribution < -0.4 is 10.6 Å². The highest BCUT2D eigenvalue weighted by Gasteiger charge is 2.38. The van der Waals surface area contributed by atoms with Crippen LogP contribution in [0.1, 0.15) is 67.4 Å². The lowest BCUT2D eigenvalue weighted by Gasteiger charge is -2.19. The van der Waals surface area contributed by atoms with Crippen molar-refractivity contribution < 1.29 is 24.2 Å². The molecule has 7 nitrogen and oxygen atoms in total. The molecule has 7 heteroatoms. The van der Waals surface area contributed by atoms with Crippen LogP contribution >= 0.6 is 0 Å². The predicted molar refractivity (Wildman–Crippen MR) is 126 cm³/mol. The first-order chi connectivity index (χ1) is 15.6. The van der Waals surface area contributed by atoms with Gasteiger partial charge in [0, 0.05) is 18.7 Å². The zero-order valence-corrected chi connectivity index (χ0v) is 19.4. The quantitative estimate of drug-likeness (QED) is 0.498. The minimum atomic E-state index is -0.943. The summed E-state index contributed by atoms with van der Waals surface area (Å²) in [5, 5.41) is 14.7. The van der Waals surface area contributed by atoms with E-state index in [4.69, 9.17) is 9.84 Å². The Kier molecular flexibility index (Phi) is 7.74. The second-order valence-corrected chi connectivity index (χ2v) is 9.51. The van der Waals surface area contributed by atoms with Crippen LogP contribution in [0.15, 0.2) is 48.5 Å². The monoisotopic (exact) mass is 452 g/mol. The zero-order chi connectivity index (χ0) is 24.0.